The van der Waals surface area contributed by atoms with Crippen LogP contribution < -0.4 is 21.7 Å². The quantitative estimate of drug-likeness (QED) is 0.197. The predicted molar refractivity (Wildman–Crippen MR) is 129 cm³/mol. The largest absolute Gasteiger partial charge is 0.508 e. The summed E-state index contributed by atoms with van der Waals surface area (Å²) in [6.45, 7) is 8.39. The monoisotopic (exact) mass is 494 g/mol. The first-order valence-electron chi connectivity index (χ1n) is 11.6. The number of carbonyl (C=O) groups excluding carboxylic acids is 3. The topological polar surface area (TPSA) is 191 Å². The van der Waals surface area contributed by atoms with E-state index in [4.69, 9.17) is 5.73 Å². The third-order valence-corrected chi connectivity index (χ3v) is 5.40. The van der Waals surface area contributed by atoms with E-state index in [0.717, 1.165) is 0 Å². The van der Waals surface area contributed by atoms with E-state index in [2.05, 4.69) is 16.0 Å². The minimum atomic E-state index is -1.28. The molecule has 0 radical (unpaired) electrons. The number of benzene rings is 1. The second-order valence-corrected chi connectivity index (χ2v) is 9.46. The molecule has 196 valence electrons. The van der Waals surface area contributed by atoms with Crippen LogP contribution in [0.4, 0.5) is 0 Å². The molecule has 0 saturated heterocycles. The maximum atomic E-state index is 13.2. The Hall–Kier alpha value is -3.18. The molecular formula is C24H38N4O7. The van der Waals surface area contributed by atoms with Crippen molar-refractivity contribution in [1.29, 1.82) is 0 Å². The van der Waals surface area contributed by atoms with Crippen LogP contribution in [0.5, 0.6) is 5.75 Å². The number of aliphatic hydroxyl groups excluding tert-OH is 1. The van der Waals surface area contributed by atoms with Crippen LogP contribution in [-0.4, -0.2) is 69.3 Å². The highest BCUT2D eigenvalue weighted by molar-refractivity contribution is 5.94. The van der Waals surface area contributed by atoms with Gasteiger partial charge in [-0.05, 0) is 42.9 Å². The lowest BCUT2D eigenvalue weighted by Gasteiger charge is -2.27. The lowest BCUT2D eigenvalue weighted by molar-refractivity contribution is -0.143. The molecule has 35 heavy (non-hydrogen) atoms. The van der Waals surface area contributed by atoms with Gasteiger partial charge in [0.15, 0.2) is 0 Å². The molecule has 1 rings (SSSR count). The third-order valence-electron chi connectivity index (χ3n) is 5.40. The molecule has 0 spiro atoms. The van der Waals surface area contributed by atoms with Crippen LogP contribution in [0.25, 0.3) is 0 Å². The van der Waals surface area contributed by atoms with Crippen molar-refractivity contribution in [2.75, 3.05) is 0 Å². The highest BCUT2D eigenvalue weighted by atomic mass is 16.4. The van der Waals surface area contributed by atoms with E-state index in [9.17, 15) is 34.5 Å². The van der Waals surface area contributed by atoms with Gasteiger partial charge in [0.25, 0.3) is 0 Å². The molecule has 11 heteroatoms. The van der Waals surface area contributed by atoms with Crippen molar-refractivity contribution in [2.45, 2.75) is 77.7 Å². The van der Waals surface area contributed by atoms with Crippen LogP contribution in [-0.2, 0) is 25.6 Å². The van der Waals surface area contributed by atoms with E-state index in [1.54, 1.807) is 26.0 Å². The van der Waals surface area contributed by atoms with Crippen molar-refractivity contribution >= 4 is 23.7 Å². The number of aliphatic carboxylic acids is 1. The van der Waals surface area contributed by atoms with Gasteiger partial charge in [0, 0.05) is 6.42 Å². The van der Waals surface area contributed by atoms with Gasteiger partial charge in [-0.1, -0.05) is 39.8 Å². The number of hydrogen-bond donors (Lipinski definition) is 7. The summed E-state index contributed by atoms with van der Waals surface area (Å²) in [5.41, 5.74) is 6.31. The van der Waals surface area contributed by atoms with Crippen LogP contribution in [0.2, 0.25) is 0 Å². The highest BCUT2D eigenvalue weighted by Gasteiger charge is 2.32. The summed E-state index contributed by atoms with van der Waals surface area (Å²) in [5, 5.41) is 36.2. The number of aliphatic hydroxyl groups is 1. The van der Waals surface area contributed by atoms with E-state index < -0.39 is 59.9 Å². The normalized spacial score (nSPS) is 15.6. The third kappa shape index (κ3) is 9.91. The standard InChI is InChI=1S/C24H38N4O7/c1-12(2)10-18(24(34)35)27-23(33)20(13(3)4)28-21(31)17(26-22(32)19(25)14(5)29)11-15-6-8-16(30)9-7-15/h6-9,12-14,17-20,29-30H,10-11,25H2,1-5H3,(H,26,32)(H,27,33)(H,28,31)(H,34,35). The average Bonchev–Trinajstić information content (AvgIpc) is 2.76. The molecular weight excluding hydrogens is 456 g/mol. The van der Waals surface area contributed by atoms with Crippen molar-refractivity contribution < 1.29 is 34.5 Å². The fourth-order valence-corrected chi connectivity index (χ4v) is 3.31. The van der Waals surface area contributed by atoms with Crippen molar-refractivity contribution in [3.05, 3.63) is 29.8 Å². The van der Waals surface area contributed by atoms with Gasteiger partial charge in [-0.3, -0.25) is 14.4 Å². The van der Waals surface area contributed by atoms with Crippen LogP contribution in [0, 0.1) is 11.8 Å². The Labute approximate surface area is 205 Å². The van der Waals surface area contributed by atoms with E-state index in [1.807, 2.05) is 13.8 Å². The molecule has 0 aromatic heterocycles. The molecule has 11 nitrogen and oxygen atoms in total. The summed E-state index contributed by atoms with van der Waals surface area (Å²) >= 11 is 0. The van der Waals surface area contributed by atoms with Crippen molar-refractivity contribution in [2.24, 2.45) is 17.6 Å². The lowest BCUT2D eigenvalue weighted by Crippen LogP contribution is -2.59. The second-order valence-electron chi connectivity index (χ2n) is 9.46. The van der Waals surface area contributed by atoms with Gasteiger partial charge < -0.3 is 37.0 Å². The highest BCUT2D eigenvalue weighted by Crippen LogP contribution is 2.13. The smallest absolute Gasteiger partial charge is 0.326 e. The van der Waals surface area contributed by atoms with Crippen LogP contribution in [0.3, 0.4) is 0 Å². The molecule has 0 aliphatic heterocycles. The van der Waals surface area contributed by atoms with E-state index in [-0.39, 0.29) is 24.5 Å². The van der Waals surface area contributed by atoms with E-state index in [1.165, 1.54) is 19.1 Å². The minimum absolute atomic E-state index is 0.0158. The Morgan fingerprint density at radius 3 is 1.86 bits per heavy atom. The zero-order chi connectivity index (χ0) is 26.9. The van der Waals surface area contributed by atoms with Gasteiger partial charge in [0.05, 0.1) is 6.10 Å². The number of carbonyl (C=O) groups is 4. The number of aromatic hydroxyl groups is 1. The molecule has 8 N–H and O–H groups in total. The van der Waals surface area contributed by atoms with E-state index >= 15 is 0 Å². The van der Waals surface area contributed by atoms with Gasteiger partial charge >= 0.3 is 5.97 Å². The lowest BCUT2D eigenvalue weighted by atomic mass is 9.99. The summed E-state index contributed by atoms with van der Waals surface area (Å²) in [7, 11) is 0. The average molecular weight is 495 g/mol. The summed E-state index contributed by atoms with van der Waals surface area (Å²) in [5.74, 6) is -3.62. The molecule has 5 unspecified atom stereocenters. The molecule has 0 fully saturated rings. The number of hydrogen-bond acceptors (Lipinski definition) is 7. The Kier molecular flexibility index (Phi) is 11.6. The summed E-state index contributed by atoms with van der Waals surface area (Å²) < 4.78 is 0. The van der Waals surface area contributed by atoms with Crippen LogP contribution >= 0.6 is 0 Å². The first-order valence-corrected chi connectivity index (χ1v) is 11.6. The van der Waals surface area contributed by atoms with Crippen molar-refractivity contribution in [1.82, 2.24) is 16.0 Å². The second kappa shape index (κ2) is 13.6. The molecule has 1 aromatic carbocycles. The Morgan fingerprint density at radius 2 is 1.40 bits per heavy atom. The van der Waals surface area contributed by atoms with Crippen molar-refractivity contribution in [3.63, 3.8) is 0 Å². The molecule has 0 heterocycles. The fourth-order valence-electron chi connectivity index (χ4n) is 3.31. The number of rotatable bonds is 13. The molecule has 0 aliphatic rings. The Balaban J connectivity index is 3.10. The van der Waals surface area contributed by atoms with Crippen molar-refractivity contribution in [3.8, 4) is 5.75 Å². The molecule has 0 aliphatic carbocycles. The first-order chi connectivity index (χ1) is 16.2. The van der Waals surface area contributed by atoms with Gasteiger partial charge in [-0.15, -0.1) is 0 Å². The fraction of sp³-hybridized carbons (Fsp3) is 0.583. The number of carboxylic acids is 1. The van der Waals surface area contributed by atoms with Gasteiger partial charge in [0.1, 0.15) is 29.9 Å². The first kappa shape index (κ1) is 29.9. The maximum absolute atomic E-state index is 13.2. The van der Waals surface area contributed by atoms with Crippen LogP contribution in [0.1, 0.15) is 46.6 Å². The predicted octanol–water partition coefficient (Wildman–Crippen LogP) is -0.116. The Morgan fingerprint density at radius 1 is 0.857 bits per heavy atom. The number of amides is 3. The minimum Gasteiger partial charge on any atom is -0.508 e. The summed E-state index contributed by atoms with van der Waals surface area (Å²) in [6.07, 6.45) is -0.922. The zero-order valence-electron chi connectivity index (χ0n) is 20.8. The SMILES string of the molecule is CC(C)CC(NC(=O)C(NC(=O)C(Cc1ccc(O)cc1)NC(=O)C(N)C(C)O)C(C)C)C(=O)O. The number of carboxylic acid groups (broad SMARTS) is 1. The van der Waals surface area contributed by atoms with Gasteiger partial charge in [-0.25, -0.2) is 4.79 Å². The number of phenols is 1. The van der Waals surface area contributed by atoms with Crippen LogP contribution in [0.15, 0.2) is 24.3 Å². The molecule has 1 aromatic rings. The number of nitrogens with two attached hydrogens (primary N) is 1. The van der Waals surface area contributed by atoms with E-state index in [0.29, 0.717) is 5.56 Å². The Bertz CT molecular complexity index is 871. The molecule has 5 atom stereocenters. The number of phenolic OH excluding ortho intramolecular Hbond substituents is 1. The maximum Gasteiger partial charge on any atom is 0.326 e. The van der Waals surface area contributed by atoms with Gasteiger partial charge in [0.2, 0.25) is 17.7 Å². The molecule has 0 saturated carbocycles. The summed E-state index contributed by atoms with van der Waals surface area (Å²) in [6, 6.07) is 1.40. The number of nitrogens with one attached hydrogen (secondary N) is 3. The molecule has 0 bridgehead atoms. The summed E-state index contributed by atoms with van der Waals surface area (Å²) in [4.78, 5) is 50.1. The molecule has 3 amide bonds. The van der Waals surface area contributed by atoms with Gasteiger partial charge in [-0.2, -0.15) is 0 Å². The zero-order valence-corrected chi connectivity index (χ0v) is 20.8.